The lowest BCUT2D eigenvalue weighted by Gasteiger charge is -2.26. The second-order valence-electron chi connectivity index (χ2n) is 9.12. The van der Waals surface area contributed by atoms with Crippen LogP contribution in [0.5, 0.6) is 0 Å². The largest absolute Gasteiger partial charge is 0.444 e. The minimum Gasteiger partial charge on any atom is -0.444 e. The zero-order valence-electron chi connectivity index (χ0n) is 19.0. The van der Waals surface area contributed by atoms with Crippen molar-refractivity contribution in [2.24, 2.45) is 0 Å². The Balaban J connectivity index is 1.66. The molecular weight excluding hydrogens is 415 g/mol. The number of likely N-dealkylation sites (tertiary alicyclic amines) is 1. The highest BCUT2D eigenvalue weighted by molar-refractivity contribution is 5.81. The second kappa shape index (κ2) is 10.1. The summed E-state index contributed by atoms with van der Waals surface area (Å²) in [6.07, 6.45) is 2.14. The fourth-order valence-corrected chi connectivity index (χ4v) is 3.71. The molecule has 0 aliphatic carbocycles. The molecule has 3 rings (SSSR count). The highest BCUT2D eigenvalue weighted by atomic mass is 19.1. The maximum atomic E-state index is 13.3. The van der Waals surface area contributed by atoms with Crippen LogP contribution in [0, 0.1) is 12.7 Å². The molecule has 2 amide bonds. The van der Waals surface area contributed by atoms with Gasteiger partial charge in [-0.1, -0.05) is 12.1 Å². The second-order valence-corrected chi connectivity index (χ2v) is 9.12. The topological polar surface area (TPSA) is 102 Å². The number of nitrogens with one attached hydrogen (secondary N) is 1. The van der Waals surface area contributed by atoms with Crippen LogP contribution in [0.4, 0.5) is 9.18 Å². The van der Waals surface area contributed by atoms with Gasteiger partial charge in [0.15, 0.2) is 0 Å². The first-order valence-corrected chi connectivity index (χ1v) is 10.9. The minimum absolute atomic E-state index is 0.0811. The van der Waals surface area contributed by atoms with Gasteiger partial charge in [-0.3, -0.25) is 4.79 Å². The summed E-state index contributed by atoms with van der Waals surface area (Å²) in [4.78, 5) is 27.3. The van der Waals surface area contributed by atoms with Gasteiger partial charge in [-0.2, -0.15) is 0 Å². The number of aromatic nitrogens is 4. The molecule has 10 heteroatoms. The highest BCUT2D eigenvalue weighted by Gasteiger charge is 2.29. The van der Waals surface area contributed by atoms with Gasteiger partial charge in [0.1, 0.15) is 23.3 Å². The maximum absolute atomic E-state index is 13.3. The predicted octanol–water partition coefficient (Wildman–Crippen LogP) is 2.81. The van der Waals surface area contributed by atoms with Crippen molar-refractivity contribution in [1.29, 1.82) is 0 Å². The molecule has 2 heterocycles. The van der Waals surface area contributed by atoms with Crippen LogP contribution in [-0.4, -0.2) is 61.8 Å². The summed E-state index contributed by atoms with van der Waals surface area (Å²) in [5.41, 5.74) is 0.257. The first-order valence-electron chi connectivity index (χ1n) is 10.9. The SMILES string of the molecule is Cc1nnnn1[C@H](Cc1ccc(F)cc1)C(=O)N[C@H]1CCCN(C(=O)OC(C)(C)C)CC1. The Labute approximate surface area is 187 Å². The van der Waals surface area contributed by atoms with E-state index in [1.54, 1.807) is 24.0 Å². The van der Waals surface area contributed by atoms with Gasteiger partial charge >= 0.3 is 6.09 Å². The van der Waals surface area contributed by atoms with E-state index < -0.39 is 11.6 Å². The summed E-state index contributed by atoms with van der Waals surface area (Å²) < 4.78 is 20.3. The van der Waals surface area contributed by atoms with Gasteiger partial charge in [0.2, 0.25) is 5.91 Å². The van der Waals surface area contributed by atoms with Crippen molar-refractivity contribution in [3.8, 4) is 0 Å². The molecule has 0 saturated carbocycles. The van der Waals surface area contributed by atoms with Crippen LogP contribution in [0.25, 0.3) is 0 Å². The van der Waals surface area contributed by atoms with E-state index in [0.29, 0.717) is 31.8 Å². The number of carbonyl (C=O) groups is 2. The highest BCUT2D eigenvalue weighted by Crippen LogP contribution is 2.19. The molecule has 0 bridgehead atoms. The van der Waals surface area contributed by atoms with Crippen molar-refractivity contribution in [2.45, 2.75) is 71.1 Å². The van der Waals surface area contributed by atoms with Crippen LogP contribution in [-0.2, 0) is 16.0 Å². The Morgan fingerprint density at radius 2 is 1.94 bits per heavy atom. The number of tetrazole rings is 1. The number of hydrogen-bond donors (Lipinski definition) is 1. The van der Waals surface area contributed by atoms with Crippen LogP contribution in [0.15, 0.2) is 24.3 Å². The number of nitrogens with zero attached hydrogens (tertiary/aromatic N) is 5. The number of carbonyl (C=O) groups excluding carboxylic acids is 2. The summed E-state index contributed by atoms with van der Waals surface area (Å²) in [7, 11) is 0. The monoisotopic (exact) mass is 446 g/mol. The van der Waals surface area contributed by atoms with Gasteiger partial charge in [-0.05, 0) is 75.1 Å². The Kier molecular flexibility index (Phi) is 7.42. The van der Waals surface area contributed by atoms with E-state index in [1.807, 2.05) is 20.8 Å². The molecule has 2 atom stereocenters. The number of amides is 2. The molecule has 1 aliphatic rings. The van der Waals surface area contributed by atoms with Gasteiger partial charge in [-0.15, -0.1) is 5.10 Å². The molecule has 1 N–H and O–H groups in total. The van der Waals surface area contributed by atoms with Crippen LogP contribution in [0.3, 0.4) is 0 Å². The lowest BCUT2D eigenvalue weighted by Crippen LogP contribution is -2.42. The average Bonchev–Trinajstić information content (AvgIpc) is 2.99. The summed E-state index contributed by atoms with van der Waals surface area (Å²) in [6, 6.07) is 5.29. The third-order valence-corrected chi connectivity index (χ3v) is 5.32. The Bertz CT molecular complexity index is 924. The average molecular weight is 447 g/mol. The number of ether oxygens (including phenoxy) is 1. The van der Waals surface area contributed by atoms with Crippen molar-refractivity contribution in [3.63, 3.8) is 0 Å². The third kappa shape index (κ3) is 6.48. The van der Waals surface area contributed by atoms with Gasteiger partial charge < -0.3 is 15.0 Å². The first-order chi connectivity index (χ1) is 15.1. The normalized spacial score (nSPS) is 18.0. The van der Waals surface area contributed by atoms with Gasteiger partial charge in [-0.25, -0.2) is 13.9 Å². The van der Waals surface area contributed by atoms with Crippen LogP contribution in [0.1, 0.15) is 57.5 Å². The maximum Gasteiger partial charge on any atom is 0.410 e. The molecule has 0 unspecified atom stereocenters. The standard InChI is InChI=1S/C22H31FN6O3/c1-15-25-26-27-29(15)19(14-16-7-9-17(23)10-8-16)20(30)24-18-6-5-12-28(13-11-18)21(31)32-22(2,3)4/h7-10,18-19H,5-6,11-14H2,1-4H3,(H,24,30)/t18-,19+/m0/s1. The molecule has 0 spiro atoms. The molecular formula is C22H31FN6O3. The van der Waals surface area contributed by atoms with Crippen molar-refractivity contribution in [3.05, 3.63) is 41.5 Å². The van der Waals surface area contributed by atoms with Crippen molar-refractivity contribution < 1.29 is 18.7 Å². The van der Waals surface area contributed by atoms with E-state index in [2.05, 4.69) is 20.8 Å². The number of rotatable bonds is 5. The van der Waals surface area contributed by atoms with E-state index in [1.165, 1.54) is 16.8 Å². The summed E-state index contributed by atoms with van der Waals surface area (Å²) in [6.45, 7) is 8.35. The number of hydrogen-bond acceptors (Lipinski definition) is 6. The lowest BCUT2D eigenvalue weighted by atomic mass is 10.0. The number of aryl methyl sites for hydroxylation is 1. The quantitative estimate of drug-likeness (QED) is 0.758. The van der Waals surface area contributed by atoms with Crippen molar-refractivity contribution in [1.82, 2.24) is 30.4 Å². The first kappa shape index (κ1) is 23.6. The Hall–Kier alpha value is -3.04. The zero-order valence-corrected chi connectivity index (χ0v) is 19.0. The van der Waals surface area contributed by atoms with Crippen LogP contribution >= 0.6 is 0 Å². The summed E-state index contributed by atoms with van der Waals surface area (Å²) in [5, 5.41) is 14.7. The molecule has 9 nitrogen and oxygen atoms in total. The van der Waals surface area contributed by atoms with E-state index in [9.17, 15) is 14.0 Å². The van der Waals surface area contributed by atoms with Gasteiger partial charge in [0, 0.05) is 25.6 Å². The summed E-state index contributed by atoms with van der Waals surface area (Å²) >= 11 is 0. The molecule has 0 radical (unpaired) electrons. The van der Waals surface area contributed by atoms with Crippen LogP contribution < -0.4 is 5.32 Å². The molecule has 1 saturated heterocycles. The minimum atomic E-state index is -0.666. The molecule has 1 aromatic carbocycles. The molecule has 1 aromatic heterocycles. The number of halogens is 1. The smallest absolute Gasteiger partial charge is 0.410 e. The fraction of sp³-hybridized carbons (Fsp3) is 0.591. The van der Waals surface area contributed by atoms with Crippen molar-refractivity contribution >= 4 is 12.0 Å². The fourth-order valence-electron chi connectivity index (χ4n) is 3.71. The Morgan fingerprint density at radius 1 is 1.22 bits per heavy atom. The van der Waals surface area contributed by atoms with Gasteiger partial charge in [0.05, 0.1) is 0 Å². The number of benzene rings is 1. The summed E-state index contributed by atoms with van der Waals surface area (Å²) in [5.74, 6) is -0.0222. The molecule has 2 aromatic rings. The van der Waals surface area contributed by atoms with Crippen molar-refractivity contribution in [2.75, 3.05) is 13.1 Å². The van der Waals surface area contributed by atoms with Gasteiger partial charge in [0.25, 0.3) is 0 Å². The molecule has 32 heavy (non-hydrogen) atoms. The zero-order chi connectivity index (χ0) is 23.3. The van der Waals surface area contributed by atoms with E-state index in [-0.39, 0.29) is 23.9 Å². The van der Waals surface area contributed by atoms with E-state index >= 15 is 0 Å². The molecule has 174 valence electrons. The Morgan fingerprint density at radius 3 is 2.56 bits per heavy atom. The van der Waals surface area contributed by atoms with E-state index in [4.69, 9.17) is 4.74 Å². The van der Waals surface area contributed by atoms with E-state index in [0.717, 1.165) is 18.4 Å². The molecule has 1 fully saturated rings. The predicted molar refractivity (Wildman–Crippen MR) is 115 cm³/mol. The lowest BCUT2D eigenvalue weighted by molar-refractivity contribution is -0.125. The van der Waals surface area contributed by atoms with Crippen LogP contribution in [0.2, 0.25) is 0 Å². The molecule has 1 aliphatic heterocycles. The third-order valence-electron chi connectivity index (χ3n) is 5.32.